The zero-order valence-electron chi connectivity index (χ0n) is 30.3. The van der Waals surface area contributed by atoms with Crippen molar-refractivity contribution < 1.29 is 42.9 Å². The molecule has 0 aliphatic heterocycles. The van der Waals surface area contributed by atoms with E-state index in [0.29, 0.717) is 25.7 Å². The second kappa shape index (κ2) is 11.7. The fourth-order valence-corrected chi connectivity index (χ4v) is 12.2. The molecule has 5 aliphatic carbocycles. The van der Waals surface area contributed by atoms with Crippen LogP contribution in [0.4, 0.5) is 0 Å². The summed E-state index contributed by atoms with van der Waals surface area (Å²) in [6.07, 6.45) is 4.50. The summed E-state index contributed by atoms with van der Waals surface area (Å²) in [7, 11) is 0. The Hall–Kier alpha value is -2.71. The summed E-state index contributed by atoms with van der Waals surface area (Å²) in [5.74, 6) is -1.52. The van der Waals surface area contributed by atoms with Gasteiger partial charge in [-0.3, -0.25) is 24.0 Å². The van der Waals surface area contributed by atoms with Crippen LogP contribution in [0.3, 0.4) is 0 Å². The van der Waals surface area contributed by atoms with E-state index < -0.39 is 45.3 Å². The largest absolute Gasteiger partial charge is 0.465 e. The molecular weight excluding hydrogens is 600 g/mol. The first kappa shape index (κ1) is 35.6. The number of Topliss-reactive ketones (excluding diaryl/α,β-unsaturated/α-hetero) is 1. The molecule has 0 aromatic rings. The number of hydrogen-bond acceptors (Lipinski definition) is 9. The summed E-state index contributed by atoms with van der Waals surface area (Å²) >= 11 is 0. The average molecular weight is 657 g/mol. The van der Waals surface area contributed by atoms with E-state index in [1.807, 2.05) is 13.8 Å². The Morgan fingerprint density at radius 3 is 1.96 bits per heavy atom. The molecule has 0 N–H and O–H groups in total. The minimum absolute atomic E-state index is 0.0921. The Morgan fingerprint density at radius 2 is 1.40 bits per heavy atom. The molecule has 0 aromatic carbocycles. The molecular formula is C38H56O9. The highest BCUT2D eigenvalue weighted by molar-refractivity contribution is 5.91. The maximum atomic E-state index is 13.8. The molecule has 11 unspecified atom stereocenters. The van der Waals surface area contributed by atoms with Gasteiger partial charge in [0, 0.05) is 56.8 Å². The van der Waals surface area contributed by atoms with Crippen LogP contribution in [-0.4, -0.2) is 54.6 Å². The minimum atomic E-state index is -0.852. The molecule has 4 saturated carbocycles. The van der Waals surface area contributed by atoms with E-state index >= 15 is 0 Å². The topological polar surface area (TPSA) is 122 Å². The van der Waals surface area contributed by atoms with Gasteiger partial charge in [-0.05, 0) is 66.1 Å². The minimum Gasteiger partial charge on any atom is -0.465 e. The number of rotatable bonds is 6. The quantitative estimate of drug-likeness (QED) is 0.182. The third-order valence-electron chi connectivity index (χ3n) is 14.1. The predicted molar refractivity (Wildman–Crippen MR) is 173 cm³/mol. The number of carbonyl (C=O) groups excluding carboxylic acids is 5. The fraction of sp³-hybridized carbons (Fsp3) is 0.816. The van der Waals surface area contributed by atoms with Gasteiger partial charge in [-0.1, -0.05) is 60.1 Å². The van der Waals surface area contributed by atoms with Crippen molar-refractivity contribution in [2.24, 2.45) is 56.7 Å². The van der Waals surface area contributed by atoms with Gasteiger partial charge in [0.2, 0.25) is 0 Å². The van der Waals surface area contributed by atoms with E-state index in [4.69, 9.17) is 18.9 Å². The Labute approximate surface area is 280 Å². The summed E-state index contributed by atoms with van der Waals surface area (Å²) in [4.78, 5) is 63.7. The van der Waals surface area contributed by atoms with E-state index in [1.54, 1.807) is 0 Å². The average Bonchev–Trinajstić information content (AvgIpc) is 3.26. The first-order valence-corrected chi connectivity index (χ1v) is 17.6. The molecule has 0 amide bonds. The lowest BCUT2D eigenvalue weighted by molar-refractivity contribution is -0.222. The lowest BCUT2D eigenvalue weighted by Crippen LogP contribution is -2.68. The number of esters is 4. The lowest BCUT2D eigenvalue weighted by atomic mass is 9.35. The molecule has 0 heterocycles. The van der Waals surface area contributed by atoms with Crippen molar-refractivity contribution in [3.8, 4) is 0 Å². The van der Waals surface area contributed by atoms with Crippen LogP contribution in [-0.2, 0) is 42.9 Å². The molecule has 0 aromatic heterocycles. The molecule has 4 fully saturated rings. The van der Waals surface area contributed by atoms with Crippen molar-refractivity contribution >= 4 is 29.7 Å². The summed E-state index contributed by atoms with van der Waals surface area (Å²) < 4.78 is 24.0. The smallest absolute Gasteiger partial charge is 0.303 e. The molecule has 11 atom stereocenters. The van der Waals surface area contributed by atoms with Gasteiger partial charge in [-0.25, -0.2) is 0 Å². The van der Waals surface area contributed by atoms with Gasteiger partial charge in [-0.2, -0.15) is 0 Å². The normalized spacial score (nSPS) is 43.4. The maximum Gasteiger partial charge on any atom is 0.303 e. The Balaban J connectivity index is 1.71. The van der Waals surface area contributed by atoms with Crippen molar-refractivity contribution in [1.82, 2.24) is 0 Å². The third kappa shape index (κ3) is 5.27. The van der Waals surface area contributed by atoms with Crippen LogP contribution in [0.1, 0.15) is 115 Å². The van der Waals surface area contributed by atoms with E-state index in [-0.39, 0.29) is 66.0 Å². The third-order valence-corrected chi connectivity index (χ3v) is 14.1. The van der Waals surface area contributed by atoms with Crippen molar-refractivity contribution in [2.45, 2.75) is 133 Å². The predicted octanol–water partition coefficient (Wildman–Crippen LogP) is 6.40. The van der Waals surface area contributed by atoms with Gasteiger partial charge in [0.1, 0.15) is 12.2 Å². The SMILES string of the molecule is CC(=O)OCC12CCC3(C)C4C(=CCC3(C)C1C(OC(C)=O)CC2C(C)C)C1(C)CC(OC(C)=O)C(=O)C(C)(C)C1CC4OC(C)=O. The highest BCUT2D eigenvalue weighted by Crippen LogP contribution is 2.76. The summed E-state index contributed by atoms with van der Waals surface area (Å²) in [5, 5.41) is 0. The monoisotopic (exact) mass is 656 g/mol. The van der Waals surface area contributed by atoms with Gasteiger partial charge < -0.3 is 18.9 Å². The summed E-state index contributed by atoms with van der Waals surface area (Å²) in [5.41, 5.74) is -1.34. The highest BCUT2D eigenvalue weighted by Gasteiger charge is 2.74. The van der Waals surface area contributed by atoms with Crippen molar-refractivity contribution in [3.05, 3.63) is 11.6 Å². The van der Waals surface area contributed by atoms with Crippen LogP contribution in [0.5, 0.6) is 0 Å². The Bertz CT molecular complexity index is 1380. The number of carbonyl (C=O) groups is 5. The number of hydrogen-bond donors (Lipinski definition) is 0. The van der Waals surface area contributed by atoms with Gasteiger partial charge in [0.15, 0.2) is 11.9 Å². The summed E-state index contributed by atoms with van der Waals surface area (Å²) in [6, 6.07) is 0. The van der Waals surface area contributed by atoms with Crippen LogP contribution in [0.25, 0.3) is 0 Å². The lowest BCUT2D eigenvalue weighted by Gasteiger charge is -2.70. The Morgan fingerprint density at radius 1 is 0.809 bits per heavy atom. The molecule has 9 heteroatoms. The summed E-state index contributed by atoms with van der Waals surface area (Å²) in [6.45, 7) is 21.1. The first-order chi connectivity index (χ1) is 21.7. The van der Waals surface area contributed by atoms with Gasteiger partial charge in [0.05, 0.1) is 6.61 Å². The van der Waals surface area contributed by atoms with Crippen LogP contribution in [0.2, 0.25) is 0 Å². The highest BCUT2D eigenvalue weighted by atomic mass is 16.6. The molecule has 5 aliphatic rings. The van der Waals surface area contributed by atoms with Crippen LogP contribution in [0, 0.1) is 56.7 Å². The molecule has 262 valence electrons. The molecule has 0 saturated heterocycles. The molecule has 0 bridgehead atoms. The second-order valence-electron chi connectivity index (χ2n) is 17.1. The van der Waals surface area contributed by atoms with Crippen LogP contribution in [0.15, 0.2) is 11.6 Å². The van der Waals surface area contributed by atoms with Crippen molar-refractivity contribution in [2.75, 3.05) is 6.61 Å². The first-order valence-electron chi connectivity index (χ1n) is 17.6. The Kier molecular flexibility index (Phi) is 8.87. The van der Waals surface area contributed by atoms with Crippen molar-refractivity contribution in [3.63, 3.8) is 0 Å². The molecule has 0 spiro atoms. The van der Waals surface area contributed by atoms with E-state index in [0.717, 1.165) is 12.8 Å². The number of fused-ring (bicyclic) bond motifs is 7. The van der Waals surface area contributed by atoms with E-state index in [9.17, 15) is 24.0 Å². The van der Waals surface area contributed by atoms with Gasteiger partial charge in [-0.15, -0.1) is 0 Å². The van der Waals surface area contributed by atoms with Gasteiger partial charge in [0.25, 0.3) is 0 Å². The second-order valence-corrected chi connectivity index (χ2v) is 17.1. The number of ketones is 1. The van der Waals surface area contributed by atoms with Crippen LogP contribution < -0.4 is 0 Å². The molecule has 9 nitrogen and oxygen atoms in total. The van der Waals surface area contributed by atoms with E-state index in [1.165, 1.54) is 33.3 Å². The zero-order chi connectivity index (χ0) is 35.1. The number of allylic oxidation sites excluding steroid dienone is 1. The molecule has 5 rings (SSSR count). The van der Waals surface area contributed by atoms with Gasteiger partial charge >= 0.3 is 23.9 Å². The molecule has 47 heavy (non-hydrogen) atoms. The zero-order valence-corrected chi connectivity index (χ0v) is 30.3. The number of ether oxygens (including phenoxy) is 4. The van der Waals surface area contributed by atoms with Crippen molar-refractivity contribution in [1.29, 1.82) is 0 Å². The maximum absolute atomic E-state index is 13.8. The van der Waals surface area contributed by atoms with E-state index in [2.05, 4.69) is 40.7 Å². The standard InChI is InChI=1S/C38H56O9/c1-20(2)26-16-28(46-23(5)41)32-37(11)13-12-25-31(36(37,10)14-15-38(26,32)19-44-21(3)39)27(45-22(4)40)17-30-34(7,8)33(43)29(47-24(6)42)18-35(25,30)9/h12,20,26-32H,13-19H2,1-11H3. The van der Waals surface area contributed by atoms with Crippen LogP contribution >= 0.6 is 0 Å². The fourth-order valence-electron chi connectivity index (χ4n) is 12.2. The molecule has 0 radical (unpaired) electrons.